The first-order chi connectivity index (χ1) is 10.5. The highest BCUT2D eigenvalue weighted by molar-refractivity contribution is 7.90. The van der Waals surface area contributed by atoms with Gasteiger partial charge in [0.2, 0.25) is 0 Å². The van der Waals surface area contributed by atoms with E-state index in [1.165, 1.54) is 12.8 Å². The lowest BCUT2D eigenvalue weighted by molar-refractivity contribution is 0.00523. The molecule has 0 radical (unpaired) electrons. The highest BCUT2D eigenvalue weighted by Gasteiger charge is 2.46. The van der Waals surface area contributed by atoms with Gasteiger partial charge in [-0.25, -0.2) is 8.42 Å². The molecule has 1 unspecified atom stereocenters. The van der Waals surface area contributed by atoms with Crippen LogP contribution in [0.1, 0.15) is 44.6 Å². The SMILES string of the molecule is CCS(=O)(=O)Cc1ccc(NC2CCOC23CCCC3)cc1. The van der Waals surface area contributed by atoms with Crippen LogP contribution in [0.25, 0.3) is 0 Å². The van der Waals surface area contributed by atoms with Gasteiger partial charge >= 0.3 is 0 Å². The van der Waals surface area contributed by atoms with Gasteiger partial charge < -0.3 is 10.1 Å². The lowest BCUT2D eigenvalue weighted by Gasteiger charge is -2.31. The molecule has 22 heavy (non-hydrogen) atoms. The largest absolute Gasteiger partial charge is 0.379 e. The van der Waals surface area contributed by atoms with Crippen LogP contribution >= 0.6 is 0 Å². The number of hydrogen-bond donors (Lipinski definition) is 1. The number of anilines is 1. The van der Waals surface area contributed by atoms with Gasteiger partial charge in [-0.3, -0.25) is 0 Å². The van der Waals surface area contributed by atoms with Crippen molar-refractivity contribution in [2.75, 3.05) is 17.7 Å². The Morgan fingerprint density at radius 3 is 2.55 bits per heavy atom. The van der Waals surface area contributed by atoms with E-state index in [4.69, 9.17) is 4.74 Å². The van der Waals surface area contributed by atoms with Crippen LogP contribution in [0.4, 0.5) is 5.69 Å². The average Bonchev–Trinajstić information content (AvgIpc) is 3.12. The van der Waals surface area contributed by atoms with E-state index in [1.54, 1.807) is 6.92 Å². The Morgan fingerprint density at radius 1 is 1.23 bits per heavy atom. The summed E-state index contributed by atoms with van der Waals surface area (Å²) in [6, 6.07) is 8.17. The van der Waals surface area contributed by atoms with Gasteiger partial charge in [-0.1, -0.05) is 31.9 Å². The fourth-order valence-electron chi connectivity index (χ4n) is 3.67. The van der Waals surface area contributed by atoms with Crippen molar-refractivity contribution >= 4 is 15.5 Å². The molecule has 1 heterocycles. The first-order valence-electron chi connectivity index (χ1n) is 8.23. The van der Waals surface area contributed by atoms with Gasteiger partial charge in [0.05, 0.1) is 17.4 Å². The van der Waals surface area contributed by atoms with Crippen molar-refractivity contribution in [2.24, 2.45) is 0 Å². The molecule has 1 atom stereocenters. The minimum atomic E-state index is -2.97. The molecule has 5 heteroatoms. The van der Waals surface area contributed by atoms with Crippen LogP contribution in [-0.4, -0.2) is 32.4 Å². The van der Waals surface area contributed by atoms with Gasteiger partial charge in [0.25, 0.3) is 0 Å². The Morgan fingerprint density at radius 2 is 1.91 bits per heavy atom. The predicted octanol–water partition coefficient (Wildman–Crippen LogP) is 3.13. The summed E-state index contributed by atoms with van der Waals surface area (Å²) < 4.78 is 29.4. The second-order valence-electron chi connectivity index (χ2n) is 6.48. The maximum atomic E-state index is 11.7. The third kappa shape index (κ3) is 3.30. The second-order valence-corrected chi connectivity index (χ2v) is 8.83. The molecule has 1 saturated heterocycles. The smallest absolute Gasteiger partial charge is 0.154 e. The van der Waals surface area contributed by atoms with Crippen LogP contribution in [0.15, 0.2) is 24.3 Å². The van der Waals surface area contributed by atoms with Crippen molar-refractivity contribution in [3.63, 3.8) is 0 Å². The summed E-state index contributed by atoms with van der Waals surface area (Å²) in [6.45, 7) is 2.52. The van der Waals surface area contributed by atoms with Crippen LogP contribution in [0.5, 0.6) is 0 Å². The zero-order chi connectivity index (χ0) is 15.6. The Labute approximate surface area is 133 Å². The Bertz CT molecular complexity index is 598. The minimum absolute atomic E-state index is 0.0320. The molecule has 1 spiro atoms. The average molecular weight is 323 g/mol. The van der Waals surface area contributed by atoms with Crippen LogP contribution < -0.4 is 5.32 Å². The van der Waals surface area contributed by atoms with E-state index in [1.807, 2.05) is 24.3 Å². The zero-order valence-electron chi connectivity index (χ0n) is 13.2. The molecule has 0 amide bonds. The standard InChI is InChI=1S/C17H25NO3S/c1-2-22(19,20)13-14-5-7-15(8-6-14)18-16-9-12-21-17(16)10-3-4-11-17/h5-8,16,18H,2-4,9-13H2,1H3. The molecule has 1 aliphatic carbocycles. The normalized spacial score (nSPS) is 24.0. The highest BCUT2D eigenvalue weighted by Crippen LogP contribution is 2.42. The summed E-state index contributed by atoms with van der Waals surface area (Å²) in [4.78, 5) is 0. The third-order valence-corrected chi connectivity index (χ3v) is 6.66. The monoisotopic (exact) mass is 323 g/mol. The van der Waals surface area contributed by atoms with Crippen LogP contribution in [0.2, 0.25) is 0 Å². The molecule has 2 fully saturated rings. The van der Waals surface area contributed by atoms with Crippen molar-refractivity contribution in [1.29, 1.82) is 0 Å². The number of benzene rings is 1. The summed E-state index contributed by atoms with van der Waals surface area (Å²) in [7, 11) is -2.97. The van der Waals surface area contributed by atoms with E-state index in [0.29, 0.717) is 6.04 Å². The van der Waals surface area contributed by atoms with Gasteiger partial charge in [-0.2, -0.15) is 0 Å². The van der Waals surface area contributed by atoms with Crippen molar-refractivity contribution in [3.05, 3.63) is 29.8 Å². The van der Waals surface area contributed by atoms with E-state index in [0.717, 1.165) is 37.1 Å². The van der Waals surface area contributed by atoms with Gasteiger partial charge in [-0.15, -0.1) is 0 Å². The number of ether oxygens (including phenoxy) is 1. The van der Waals surface area contributed by atoms with E-state index in [2.05, 4.69) is 5.32 Å². The minimum Gasteiger partial charge on any atom is -0.379 e. The first kappa shape index (κ1) is 15.8. The van der Waals surface area contributed by atoms with Gasteiger partial charge in [0.15, 0.2) is 9.84 Å². The maximum absolute atomic E-state index is 11.7. The molecule has 1 aliphatic heterocycles. The number of rotatable bonds is 5. The number of hydrogen-bond acceptors (Lipinski definition) is 4. The summed E-state index contributed by atoms with van der Waals surface area (Å²) in [6.07, 6.45) is 5.86. The molecule has 1 aromatic rings. The first-order valence-corrected chi connectivity index (χ1v) is 10.0. The molecule has 2 aliphatic rings. The van der Waals surface area contributed by atoms with Gasteiger partial charge in [0, 0.05) is 18.0 Å². The molecule has 1 aromatic carbocycles. The molecular weight excluding hydrogens is 298 g/mol. The van der Waals surface area contributed by atoms with E-state index < -0.39 is 9.84 Å². The van der Waals surface area contributed by atoms with Crippen molar-refractivity contribution in [3.8, 4) is 0 Å². The maximum Gasteiger partial charge on any atom is 0.154 e. The fourth-order valence-corrected chi connectivity index (χ4v) is 4.57. The summed E-state index contributed by atoms with van der Waals surface area (Å²) >= 11 is 0. The Kier molecular flexibility index (Phi) is 4.46. The molecule has 0 bridgehead atoms. The van der Waals surface area contributed by atoms with E-state index >= 15 is 0 Å². The molecular formula is C17H25NO3S. The van der Waals surface area contributed by atoms with E-state index in [9.17, 15) is 8.42 Å². The predicted molar refractivity (Wildman–Crippen MR) is 88.8 cm³/mol. The van der Waals surface area contributed by atoms with Crippen LogP contribution in [0.3, 0.4) is 0 Å². The van der Waals surface area contributed by atoms with E-state index in [-0.39, 0.29) is 17.1 Å². The quantitative estimate of drug-likeness (QED) is 0.904. The van der Waals surface area contributed by atoms with Crippen molar-refractivity contribution in [1.82, 2.24) is 0 Å². The number of sulfone groups is 1. The van der Waals surface area contributed by atoms with Gasteiger partial charge in [0.1, 0.15) is 0 Å². The number of nitrogens with one attached hydrogen (secondary N) is 1. The van der Waals surface area contributed by atoms with Crippen molar-refractivity contribution in [2.45, 2.75) is 56.4 Å². The zero-order valence-corrected chi connectivity index (χ0v) is 14.0. The highest BCUT2D eigenvalue weighted by atomic mass is 32.2. The second kappa shape index (κ2) is 6.20. The summed E-state index contributed by atoms with van der Waals surface area (Å²) in [5, 5.41) is 3.60. The van der Waals surface area contributed by atoms with Crippen LogP contribution in [-0.2, 0) is 20.3 Å². The molecule has 0 aromatic heterocycles. The molecule has 1 saturated carbocycles. The summed E-state index contributed by atoms with van der Waals surface area (Å²) in [5.41, 5.74) is 1.94. The lowest BCUT2D eigenvalue weighted by atomic mass is 9.92. The molecule has 3 rings (SSSR count). The Hall–Kier alpha value is -1.07. The Balaban J connectivity index is 1.66. The fraction of sp³-hybridized carbons (Fsp3) is 0.647. The van der Waals surface area contributed by atoms with Gasteiger partial charge in [-0.05, 0) is 37.0 Å². The molecule has 122 valence electrons. The summed E-state index contributed by atoms with van der Waals surface area (Å²) in [5.74, 6) is 0.315. The van der Waals surface area contributed by atoms with Crippen LogP contribution in [0, 0.1) is 0 Å². The molecule has 4 nitrogen and oxygen atoms in total. The lowest BCUT2D eigenvalue weighted by Crippen LogP contribution is -2.41. The third-order valence-electron chi connectivity index (χ3n) is 5.00. The topological polar surface area (TPSA) is 55.4 Å². The van der Waals surface area contributed by atoms with Crippen molar-refractivity contribution < 1.29 is 13.2 Å². The molecule has 1 N–H and O–H groups in total.